The lowest BCUT2D eigenvalue weighted by Gasteiger charge is -2.38. The van der Waals surface area contributed by atoms with Gasteiger partial charge in [-0.2, -0.15) is 0 Å². The van der Waals surface area contributed by atoms with Crippen molar-refractivity contribution < 1.29 is 13.2 Å². The average Bonchev–Trinajstić information content (AvgIpc) is 2.46. The molecule has 2 rings (SSSR count). The first kappa shape index (κ1) is 15.2. The SMILES string of the molecule is CCCS(=O)(=O)c1ccc2c(c1)NCC(CC)(CC)O2. The number of benzene rings is 1. The van der Waals surface area contributed by atoms with Crippen LogP contribution >= 0.6 is 0 Å². The molecule has 0 spiro atoms. The summed E-state index contributed by atoms with van der Waals surface area (Å²) in [6, 6.07) is 5.10. The van der Waals surface area contributed by atoms with Gasteiger partial charge in [0, 0.05) is 0 Å². The molecule has 0 aromatic heterocycles. The highest BCUT2D eigenvalue weighted by Crippen LogP contribution is 2.37. The highest BCUT2D eigenvalue weighted by Gasteiger charge is 2.33. The molecule has 1 aliphatic rings. The monoisotopic (exact) mass is 297 g/mol. The first-order valence-electron chi connectivity index (χ1n) is 7.26. The van der Waals surface area contributed by atoms with Crippen molar-refractivity contribution in [2.75, 3.05) is 17.6 Å². The number of hydrogen-bond donors (Lipinski definition) is 1. The highest BCUT2D eigenvalue weighted by atomic mass is 32.2. The third kappa shape index (κ3) is 2.77. The summed E-state index contributed by atoms with van der Waals surface area (Å²) in [5, 5.41) is 3.32. The van der Waals surface area contributed by atoms with Crippen molar-refractivity contribution in [2.45, 2.75) is 50.5 Å². The molecule has 0 saturated heterocycles. The van der Waals surface area contributed by atoms with Crippen LogP contribution in [0.4, 0.5) is 5.69 Å². The summed E-state index contributed by atoms with van der Waals surface area (Å²) in [4.78, 5) is 0.370. The molecule has 112 valence electrons. The Morgan fingerprint density at radius 3 is 2.55 bits per heavy atom. The zero-order valence-corrected chi connectivity index (χ0v) is 13.2. The summed E-state index contributed by atoms with van der Waals surface area (Å²) in [5.41, 5.74) is 0.594. The maximum Gasteiger partial charge on any atom is 0.178 e. The third-order valence-electron chi connectivity index (χ3n) is 4.00. The largest absolute Gasteiger partial charge is 0.483 e. The molecule has 0 fully saturated rings. The Balaban J connectivity index is 2.32. The summed E-state index contributed by atoms with van der Waals surface area (Å²) in [6.45, 7) is 6.80. The van der Waals surface area contributed by atoms with Gasteiger partial charge in [-0.1, -0.05) is 20.8 Å². The predicted octanol–water partition coefficient (Wildman–Crippen LogP) is 3.23. The van der Waals surface area contributed by atoms with Gasteiger partial charge in [-0.05, 0) is 37.5 Å². The van der Waals surface area contributed by atoms with Crippen LogP contribution in [-0.2, 0) is 9.84 Å². The normalized spacial score (nSPS) is 16.9. The van der Waals surface area contributed by atoms with E-state index in [1.54, 1.807) is 18.2 Å². The smallest absolute Gasteiger partial charge is 0.178 e. The van der Waals surface area contributed by atoms with Crippen LogP contribution < -0.4 is 10.1 Å². The van der Waals surface area contributed by atoms with Crippen LogP contribution in [0.1, 0.15) is 40.0 Å². The molecule has 0 saturated carbocycles. The Kier molecular flexibility index (Phi) is 4.28. The fourth-order valence-corrected chi connectivity index (χ4v) is 3.83. The lowest BCUT2D eigenvalue weighted by Crippen LogP contribution is -2.44. The second-order valence-electron chi connectivity index (χ2n) is 5.32. The molecule has 0 unspecified atom stereocenters. The van der Waals surface area contributed by atoms with Crippen molar-refractivity contribution in [3.05, 3.63) is 18.2 Å². The molecule has 0 bridgehead atoms. The van der Waals surface area contributed by atoms with Crippen LogP contribution in [0.5, 0.6) is 5.75 Å². The van der Waals surface area contributed by atoms with Gasteiger partial charge in [0.25, 0.3) is 0 Å². The molecule has 1 aliphatic heterocycles. The maximum absolute atomic E-state index is 12.1. The molecular weight excluding hydrogens is 274 g/mol. The van der Waals surface area contributed by atoms with Crippen LogP contribution in [-0.4, -0.2) is 26.3 Å². The van der Waals surface area contributed by atoms with E-state index in [2.05, 4.69) is 19.2 Å². The molecule has 5 heteroatoms. The molecule has 4 nitrogen and oxygen atoms in total. The fourth-order valence-electron chi connectivity index (χ4n) is 2.49. The molecule has 1 aromatic carbocycles. The van der Waals surface area contributed by atoms with E-state index < -0.39 is 9.84 Å². The average molecular weight is 297 g/mol. The summed E-state index contributed by atoms with van der Waals surface area (Å²) < 4.78 is 30.3. The van der Waals surface area contributed by atoms with E-state index in [1.165, 1.54) is 0 Å². The Morgan fingerprint density at radius 2 is 1.95 bits per heavy atom. The minimum absolute atomic E-state index is 0.181. The summed E-state index contributed by atoms with van der Waals surface area (Å²) in [6.07, 6.45) is 2.47. The molecule has 0 radical (unpaired) electrons. The number of nitrogens with one attached hydrogen (secondary N) is 1. The second-order valence-corrected chi connectivity index (χ2v) is 7.43. The van der Waals surface area contributed by atoms with Crippen molar-refractivity contribution >= 4 is 15.5 Å². The molecular formula is C15H23NO3S. The zero-order valence-electron chi connectivity index (χ0n) is 12.4. The molecule has 0 atom stereocenters. The topological polar surface area (TPSA) is 55.4 Å². The Morgan fingerprint density at radius 1 is 1.25 bits per heavy atom. The van der Waals surface area contributed by atoms with Crippen LogP contribution in [0.3, 0.4) is 0 Å². The zero-order chi connectivity index (χ0) is 14.8. The number of fused-ring (bicyclic) bond motifs is 1. The molecule has 1 heterocycles. The van der Waals surface area contributed by atoms with Crippen LogP contribution in [0.15, 0.2) is 23.1 Å². The first-order valence-corrected chi connectivity index (χ1v) is 8.91. The first-order chi connectivity index (χ1) is 9.46. The van der Waals surface area contributed by atoms with E-state index in [9.17, 15) is 8.42 Å². The van der Waals surface area contributed by atoms with Gasteiger partial charge in [-0.3, -0.25) is 0 Å². The number of sulfone groups is 1. The second kappa shape index (κ2) is 5.64. The van der Waals surface area contributed by atoms with E-state index >= 15 is 0 Å². The lowest BCUT2D eigenvalue weighted by molar-refractivity contribution is 0.0670. The van der Waals surface area contributed by atoms with Crippen LogP contribution in [0, 0.1) is 0 Å². The Bertz CT molecular complexity index is 577. The van der Waals surface area contributed by atoms with Gasteiger partial charge in [0.2, 0.25) is 0 Å². The minimum atomic E-state index is -3.18. The van der Waals surface area contributed by atoms with E-state index in [1.807, 2.05) is 6.92 Å². The van der Waals surface area contributed by atoms with Gasteiger partial charge in [-0.15, -0.1) is 0 Å². The highest BCUT2D eigenvalue weighted by molar-refractivity contribution is 7.91. The van der Waals surface area contributed by atoms with Crippen molar-refractivity contribution in [1.29, 1.82) is 0 Å². The van der Waals surface area contributed by atoms with Crippen molar-refractivity contribution in [3.8, 4) is 5.75 Å². The standard InChI is InChI=1S/C15H23NO3S/c1-4-9-20(17,18)12-7-8-14-13(10-12)16-11-15(5-2,6-3)19-14/h7-8,10,16H,4-6,9,11H2,1-3H3. The Labute approximate surface area is 121 Å². The van der Waals surface area contributed by atoms with Gasteiger partial charge in [0.05, 0.1) is 22.9 Å². The quantitative estimate of drug-likeness (QED) is 0.906. The number of rotatable bonds is 5. The molecule has 1 aromatic rings. The molecule has 1 N–H and O–H groups in total. The third-order valence-corrected chi connectivity index (χ3v) is 5.92. The van der Waals surface area contributed by atoms with Crippen LogP contribution in [0.25, 0.3) is 0 Å². The number of hydrogen-bond acceptors (Lipinski definition) is 4. The van der Waals surface area contributed by atoms with E-state index in [4.69, 9.17) is 4.74 Å². The van der Waals surface area contributed by atoms with E-state index in [-0.39, 0.29) is 11.4 Å². The van der Waals surface area contributed by atoms with Gasteiger partial charge in [-0.25, -0.2) is 8.42 Å². The van der Waals surface area contributed by atoms with E-state index in [0.717, 1.165) is 24.3 Å². The maximum atomic E-state index is 12.1. The summed E-state index contributed by atoms with van der Waals surface area (Å²) in [5.74, 6) is 0.927. The van der Waals surface area contributed by atoms with E-state index in [0.29, 0.717) is 17.9 Å². The van der Waals surface area contributed by atoms with Crippen molar-refractivity contribution in [2.24, 2.45) is 0 Å². The van der Waals surface area contributed by atoms with Gasteiger partial charge < -0.3 is 10.1 Å². The molecule has 20 heavy (non-hydrogen) atoms. The Hall–Kier alpha value is -1.23. The minimum Gasteiger partial charge on any atom is -0.483 e. The fraction of sp³-hybridized carbons (Fsp3) is 0.600. The summed E-state index contributed by atoms with van der Waals surface area (Å²) in [7, 11) is -3.18. The summed E-state index contributed by atoms with van der Waals surface area (Å²) >= 11 is 0. The predicted molar refractivity (Wildman–Crippen MR) is 81.2 cm³/mol. The van der Waals surface area contributed by atoms with Crippen molar-refractivity contribution in [1.82, 2.24) is 0 Å². The van der Waals surface area contributed by atoms with Gasteiger partial charge in [0.1, 0.15) is 11.4 Å². The van der Waals surface area contributed by atoms with Gasteiger partial charge >= 0.3 is 0 Å². The van der Waals surface area contributed by atoms with Gasteiger partial charge in [0.15, 0.2) is 9.84 Å². The number of ether oxygens (including phenoxy) is 1. The lowest BCUT2D eigenvalue weighted by atomic mass is 9.95. The van der Waals surface area contributed by atoms with Crippen LogP contribution in [0.2, 0.25) is 0 Å². The molecule has 0 amide bonds. The van der Waals surface area contributed by atoms with Crippen molar-refractivity contribution in [3.63, 3.8) is 0 Å². The molecule has 0 aliphatic carbocycles. The number of anilines is 1.